The van der Waals surface area contributed by atoms with Gasteiger partial charge in [-0.2, -0.15) is 0 Å². The molecule has 1 heterocycles. The molecule has 0 aliphatic carbocycles. The summed E-state index contributed by atoms with van der Waals surface area (Å²) in [5.74, 6) is 0.928. The smallest absolute Gasteiger partial charge is 0.103 e. The van der Waals surface area contributed by atoms with Crippen molar-refractivity contribution in [3.63, 3.8) is 0 Å². The molecule has 0 atom stereocenters. The highest BCUT2D eigenvalue weighted by Gasteiger charge is 2.18. The monoisotopic (exact) mass is 228 g/mol. The van der Waals surface area contributed by atoms with Crippen LogP contribution in [-0.4, -0.2) is 6.54 Å². The van der Waals surface area contributed by atoms with E-state index in [4.69, 9.17) is 0 Å². The van der Waals surface area contributed by atoms with Crippen molar-refractivity contribution in [2.24, 2.45) is 0 Å². The van der Waals surface area contributed by atoms with Crippen LogP contribution in [-0.2, 0) is 6.42 Å². The fraction of sp³-hybridized carbons (Fsp3) is 0.333. The molecule has 2 rings (SSSR count). The molecule has 1 saturated heterocycles. The zero-order valence-electron chi connectivity index (χ0n) is 10.7. The number of aryl methyl sites for hydroxylation is 1. The zero-order chi connectivity index (χ0) is 12.4. The molecule has 1 N–H and O–H groups in total. The van der Waals surface area contributed by atoms with Gasteiger partial charge < -0.3 is 10.2 Å². The number of nitrogens with one attached hydrogen (secondary N) is 1. The first kappa shape index (κ1) is 11.8. The van der Waals surface area contributed by atoms with Crippen molar-refractivity contribution in [3.05, 3.63) is 54.0 Å². The lowest BCUT2D eigenvalue weighted by Gasteiger charge is -2.34. The second kappa shape index (κ2) is 4.66. The minimum Gasteiger partial charge on any atom is -0.346 e. The molecule has 17 heavy (non-hydrogen) atoms. The average Bonchev–Trinajstić information content (AvgIpc) is 2.30. The Labute approximate surface area is 104 Å². The summed E-state index contributed by atoms with van der Waals surface area (Å²) in [6, 6.07) is 6.48. The zero-order valence-corrected chi connectivity index (χ0v) is 10.7. The van der Waals surface area contributed by atoms with Crippen molar-refractivity contribution in [2.75, 3.05) is 11.4 Å². The van der Waals surface area contributed by atoms with Gasteiger partial charge in [-0.25, -0.2) is 0 Å². The molecular weight excluding hydrogens is 208 g/mol. The van der Waals surface area contributed by atoms with Gasteiger partial charge in [-0.15, -0.1) is 0 Å². The van der Waals surface area contributed by atoms with E-state index in [2.05, 4.69) is 55.4 Å². The highest BCUT2D eigenvalue weighted by molar-refractivity contribution is 5.60. The van der Waals surface area contributed by atoms with Crippen LogP contribution in [0.15, 0.2) is 42.9 Å². The Morgan fingerprint density at radius 3 is 2.76 bits per heavy atom. The van der Waals surface area contributed by atoms with Gasteiger partial charge in [0.25, 0.3) is 0 Å². The van der Waals surface area contributed by atoms with E-state index in [0.717, 1.165) is 30.9 Å². The van der Waals surface area contributed by atoms with Crippen LogP contribution < -0.4 is 10.2 Å². The Kier molecular flexibility index (Phi) is 3.23. The molecular formula is C15H20N2. The van der Waals surface area contributed by atoms with Crippen molar-refractivity contribution >= 4 is 5.69 Å². The number of hydrogen-bond acceptors (Lipinski definition) is 2. The second-order valence-electron chi connectivity index (χ2n) is 4.49. The second-order valence-corrected chi connectivity index (χ2v) is 4.49. The number of benzene rings is 1. The standard InChI is InChI=1S/C15H20N2/c1-5-14-7-6-8-15(12(14)3)17-10-9-11(2)16-13(17)4/h6-8,16H,2,4-5,9-10H2,1,3H3. The first-order valence-electron chi connectivity index (χ1n) is 6.13. The van der Waals surface area contributed by atoms with Gasteiger partial charge in [0.05, 0.1) is 0 Å². The van der Waals surface area contributed by atoms with Gasteiger partial charge in [0.2, 0.25) is 0 Å². The molecule has 1 fully saturated rings. The Bertz CT molecular complexity index is 460. The van der Waals surface area contributed by atoms with Gasteiger partial charge in [-0.3, -0.25) is 0 Å². The van der Waals surface area contributed by atoms with Crippen molar-refractivity contribution in [1.29, 1.82) is 0 Å². The fourth-order valence-corrected chi connectivity index (χ4v) is 2.33. The fourth-order valence-electron chi connectivity index (χ4n) is 2.33. The predicted molar refractivity (Wildman–Crippen MR) is 73.9 cm³/mol. The Hall–Kier alpha value is -1.70. The van der Waals surface area contributed by atoms with Gasteiger partial charge in [-0.05, 0) is 30.5 Å². The quantitative estimate of drug-likeness (QED) is 0.835. The summed E-state index contributed by atoms with van der Waals surface area (Å²) >= 11 is 0. The molecule has 1 aromatic rings. The van der Waals surface area contributed by atoms with E-state index in [1.807, 2.05) is 0 Å². The molecule has 0 aromatic heterocycles. The third-order valence-corrected chi connectivity index (χ3v) is 3.37. The third-order valence-electron chi connectivity index (χ3n) is 3.37. The molecule has 1 aromatic carbocycles. The van der Waals surface area contributed by atoms with Crippen LogP contribution in [0.2, 0.25) is 0 Å². The lowest BCUT2D eigenvalue weighted by molar-refractivity contribution is 0.708. The normalized spacial score (nSPS) is 16.0. The molecule has 2 heteroatoms. The maximum Gasteiger partial charge on any atom is 0.103 e. The molecule has 0 spiro atoms. The number of hydrogen-bond donors (Lipinski definition) is 1. The molecule has 0 bridgehead atoms. The number of anilines is 1. The summed E-state index contributed by atoms with van der Waals surface area (Å²) in [6.07, 6.45) is 2.04. The average molecular weight is 228 g/mol. The van der Waals surface area contributed by atoms with Gasteiger partial charge >= 0.3 is 0 Å². The maximum atomic E-state index is 4.07. The van der Waals surface area contributed by atoms with E-state index in [9.17, 15) is 0 Å². The summed E-state index contributed by atoms with van der Waals surface area (Å²) < 4.78 is 0. The molecule has 0 radical (unpaired) electrons. The summed E-state index contributed by atoms with van der Waals surface area (Å²) in [5.41, 5.74) is 5.06. The molecule has 1 aliphatic heterocycles. The molecule has 1 aliphatic rings. The molecule has 0 saturated carbocycles. The van der Waals surface area contributed by atoms with Gasteiger partial charge in [0.15, 0.2) is 0 Å². The Morgan fingerprint density at radius 2 is 2.12 bits per heavy atom. The van der Waals surface area contributed by atoms with E-state index in [-0.39, 0.29) is 0 Å². The first-order chi connectivity index (χ1) is 8.13. The van der Waals surface area contributed by atoms with Crippen LogP contribution in [0.25, 0.3) is 0 Å². The Morgan fingerprint density at radius 1 is 1.35 bits per heavy atom. The number of nitrogens with zero attached hydrogens (tertiary/aromatic N) is 1. The van der Waals surface area contributed by atoms with Gasteiger partial charge in [0, 0.05) is 24.4 Å². The Balaban J connectivity index is 2.34. The lowest BCUT2D eigenvalue weighted by Crippen LogP contribution is -2.37. The predicted octanol–water partition coefficient (Wildman–Crippen LogP) is 3.34. The summed E-state index contributed by atoms with van der Waals surface area (Å²) in [5, 5.41) is 3.23. The van der Waals surface area contributed by atoms with Crippen LogP contribution >= 0.6 is 0 Å². The first-order valence-corrected chi connectivity index (χ1v) is 6.13. The summed E-state index contributed by atoms with van der Waals surface area (Å²) in [6.45, 7) is 13.4. The van der Waals surface area contributed by atoms with Crippen molar-refractivity contribution in [1.82, 2.24) is 5.32 Å². The van der Waals surface area contributed by atoms with Crippen LogP contribution in [0.1, 0.15) is 24.5 Å². The highest BCUT2D eigenvalue weighted by atomic mass is 15.3. The van der Waals surface area contributed by atoms with Crippen LogP contribution in [0.5, 0.6) is 0 Å². The van der Waals surface area contributed by atoms with Crippen molar-refractivity contribution in [2.45, 2.75) is 26.7 Å². The highest BCUT2D eigenvalue weighted by Crippen LogP contribution is 2.28. The van der Waals surface area contributed by atoms with E-state index in [1.165, 1.54) is 16.8 Å². The molecule has 0 unspecified atom stereocenters. The summed E-state index contributed by atoms with van der Waals surface area (Å²) in [7, 11) is 0. The van der Waals surface area contributed by atoms with E-state index in [1.54, 1.807) is 0 Å². The minimum absolute atomic E-state index is 0.928. The number of rotatable bonds is 2. The van der Waals surface area contributed by atoms with E-state index >= 15 is 0 Å². The third kappa shape index (κ3) is 2.21. The molecule has 2 nitrogen and oxygen atoms in total. The lowest BCUT2D eigenvalue weighted by atomic mass is 10.0. The van der Waals surface area contributed by atoms with Gasteiger partial charge in [0.1, 0.15) is 5.82 Å². The van der Waals surface area contributed by atoms with E-state index in [0.29, 0.717) is 0 Å². The van der Waals surface area contributed by atoms with Crippen LogP contribution in [0.3, 0.4) is 0 Å². The SMILES string of the molecule is C=C1CCN(c2cccc(CC)c2C)C(=C)N1. The molecule has 0 amide bonds. The summed E-state index contributed by atoms with van der Waals surface area (Å²) in [4.78, 5) is 2.24. The van der Waals surface area contributed by atoms with Crippen molar-refractivity contribution in [3.8, 4) is 0 Å². The van der Waals surface area contributed by atoms with Crippen LogP contribution in [0, 0.1) is 6.92 Å². The van der Waals surface area contributed by atoms with Crippen molar-refractivity contribution < 1.29 is 0 Å². The van der Waals surface area contributed by atoms with E-state index < -0.39 is 0 Å². The largest absolute Gasteiger partial charge is 0.346 e. The molecule has 90 valence electrons. The van der Waals surface area contributed by atoms with Crippen LogP contribution in [0.4, 0.5) is 5.69 Å². The van der Waals surface area contributed by atoms with Gasteiger partial charge in [-0.1, -0.05) is 32.2 Å². The maximum absolute atomic E-state index is 4.07. The minimum atomic E-state index is 0.928. The topological polar surface area (TPSA) is 15.3 Å².